The molecule has 0 heterocycles. The van der Waals surface area contributed by atoms with Crippen LogP contribution in [0.4, 0.5) is 0 Å². The van der Waals surface area contributed by atoms with Gasteiger partial charge in [0, 0.05) is 26.1 Å². The second kappa shape index (κ2) is 9.40. The van der Waals surface area contributed by atoms with E-state index < -0.39 is 0 Å². The van der Waals surface area contributed by atoms with Gasteiger partial charge in [0.15, 0.2) is 0 Å². The fraction of sp³-hybridized carbons (Fsp3) is 0.588. The molecular formula is C17H28N2O2. The number of nitrogens with one attached hydrogen (secondary N) is 2. The molecule has 1 rings (SSSR count). The highest BCUT2D eigenvalue weighted by Crippen LogP contribution is 2.14. The number of rotatable bonds is 9. The topological polar surface area (TPSA) is 50.4 Å². The van der Waals surface area contributed by atoms with E-state index in [2.05, 4.69) is 30.5 Å². The number of benzene rings is 1. The smallest absolute Gasteiger partial charge is 0.221 e. The van der Waals surface area contributed by atoms with E-state index in [1.807, 2.05) is 32.0 Å². The molecule has 0 bridgehead atoms. The highest BCUT2D eigenvalue weighted by Gasteiger charge is 2.03. The Balaban J connectivity index is 2.25. The van der Waals surface area contributed by atoms with Gasteiger partial charge in [-0.05, 0) is 37.5 Å². The number of hydrogen-bond acceptors (Lipinski definition) is 3. The summed E-state index contributed by atoms with van der Waals surface area (Å²) in [6.07, 6.45) is 0.687. The summed E-state index contributed by atoms with van der Waals surface area (Å²) >= 11 is 0. The number of ether oxygens (including phenoxy) is 1. The van der Waals surface area contributed by atoms with Gasteiger partial charge in [0.25, 0.3) is 0 Å². The molecule has 0 aliphatic rings. The van der Waals surface area contributed by atoms with Crippen molar-refractivity contribution >= 4 is 5.91 Å². The van der Waals surface area contributed by atoms with Gasteiger partial charge < -0.3 is 15.4 Å². The molecule has 0 spiro atoms. The molecule has 1 amide bonds. The first-order chi connectivity index (χ1) is 9.97. The van der Waals surface area contributed by atoms with Crippen LogP contribution >= 0.6 is 0 Å². The minimum Gasteiger partial charge on any atom is -0.491 e. The lowest BCUT2D eigenvalue weighted by Gasteiger charge is -2.11. The molecule has 1 aromatic carbocycles. The molecule has 1 aromatic rings. The van der Waals surface area contributed by atoms with E-state index in [0.717, 1.165) is 24.4 Å². The van der Waals surface area contributed by atoms with Gasteiger partial charge in [-0.2, -0.15) is 0 Å². The molecule has 0 saturated heterocycles. The minimum atomic E-state index is 0.105. The van der Waals surface area contributed by atoms with Crippen LogP contribution in [0.25, 0.3) is 0 Å². The van der Waals surface area contributed by atoms with Gasteiger partial charge in [-0.1, -0.05) is 26.0 Å². The lowest BCUT2D eigenvalue weighted by atomic mass is 10.2. The zero-order valence-corrected chi connectivity index (χ0v) is 13.6. The monoisotopic (exact) mass is 292 g/mol. The van der Waals surface area contributed by atoms with E-state index in [9.17, 15) is 4.79 Å². The third-order valence-electron chi connectivity index (χ3n) is 2.84. The summed E-state index contributed by atoms with van der Waals surface area (Å²) in [5.74, 6) is 1.48. The molecule has 0 fully saturated rings. The van der Waals surface area contributed by atoms with E-state index in [4.69, 9.17) is 4.74 Å². The molecule has 0 aromatic heterocycles. The van der Waals surface area contributed by atoms with E-state index in [0.29, 0.717) is 18.9 Å². The van der Waals surface area contributed by atoms with Gasteiger partial charge in [0.1, 0.15) is 5.75 Å². The molecule has 0 aliphatic heterocycles. The third-order valence-corrected chi connectivity index (χ3v) is 2.84. The zero-order chi connectivity index (χ0) is 15.7. The van der Waals surface area contributed by atoms with Gasteiger partial charge in [-0.3, -0.25) is 4.79 Å². The predicted molar refractivity (Wildman–Crippen MR) is 86.4 cm³/mol. The van der Waals surface area contributed by atoms with Crippen LogP contribution in [0.2, 0.25) is 0 Å². The summed E-state index contributed by atoms with van der Waals surface area (Å²) in [5, 5.41) is 6.20. The van der Waals surface area contributed by atoms with Crippen LogP contribution < -0.4 is 15.4 Å². The Bertz CT molecular complexity index is 431. The molecule has 4 nitrogen and oxygen atoms in total. The first-order valence-corrected chi connectivity index (χ1v) is 7.70. The number of hydrogen-bond donors (Lipinski definition) is 2. The van der Waals surface area contributed by atoms with Crippen molar-refractivity contribution in [2.75, 3.05) is 13.1 Å². The second-order valence-electron chi connectivity index (χ2n) is 5.94. The maximum absolute atomic E-state index is 11.6. The van der Waals surface area contributed by atoms with Crippen LogP contribution in [0, 0.1) is 5.92 Å². The zero-order valence-electron chi connectivity index (χ0n) is 13.6. The minimum absolute atomic E-state index is 0.105. The Morgan fingerprint density at radius 3 is 2.67 bits per heavy atom. The Morgan fingerprint density at radius 2 is 2.00 bits per heavy atom. The quantitative estimate of drug-likeness (QED) is 0.688. The molecule has 2 N–H and O–H groups in total. The summed E-state index contributed by atoms with van der Waals surface area (Å²) in [7, 11) is 0. The molecular weight excluding hydrogens is 264 g/mol. The normalized spacial score (nSPS) is 11.0. The van der Waals surface area contributed by atoms with Crippen LogP contribution in [0.1, 0.15) is 39.7 Å². The van der Waals surface area contributed by atoms with Crippen molar-refractivity contribution in [3.05, 3.63) is 29.8 Å². The summed E-state index contributed by atoms with van der Waals surface area (Å²) in [6.45, 7) is 10.4. The number of carbonyl (C=O) groups excluding carboxylic acids is 1. The van der Waals surface area contributed by atoms with Crippen molar-refractivity contribution in [1.82, 2.24) is 10.6 Å². The number of carbonyl (C=O) groups is 1. The van der Waals surface area contributed by atoms with Crippen LogP contribution in [-0.4, -0.2) is 25.1 Å². The highest BCUT2D eigenvalue weighted by atomic mass is 16.5. The summed E-state index contributed by atoms with van der Waals surface area (Å²) < 4.78 is 5.66. The lowest BCUT2D eigenvalue weighted by molar-refractivity contribution is -0.121. The Kier molecular flexibility index (Phi) is 7.83. The van der Waals surface area contributed by atoms with Gasteiger partial charge in [0.05, 0.1) is 6.10 Å². The van der Waals surface area contributed by atoms with E-state index in [1.54, 1.807) is 0 Å². The first kappa shape index (κ1) is 17.5. The van der Waals surface area contributed by atoms with Crippen LogP contribution in [-0.2, 0) is 11.3 Å². The summed E-state index contributed by atoms with van der Waals surface area (Å²) in [5.41, 5.74) is 1.16. The molecule has 4 heteroatoms. The van der Waals surface area contributed by atoms with Crippen LogP contribution in [0.5, 0.6) is 5.75 Å². The third kappa shape index (κ3) is 8.35. The molecule has 0 saturated carbocycles. The van der Waals surface area contributed by atoms with Crippen molar-refractivity contribution in [1.29, 1.82) is 0 Å². The molecule has 0 aliphatic carbocycles. The van der Waals surface area contributed by atoms with Crippen LogP contribution in [0.3, 0.4) is 0 Å². The first-order valence-electron chi connectivity index (χ1n) is 7.70. The maximum atomic E-state index is 11.6. The average molecular weight is 292 g/mol. The predicted octanol–water partition coefficient (Wildman–Crippen LogP) is 2.73. The SMILES string of the molecule is CC(C)CNC(=O)CCNCc1cccc(OC(C)C)c1. The Hall–Kier alpha value is -1.55. The fourth-order valence-electron chi connectivity index (χ4n) is 1.84. The standard InChI is InChI=1S/C17H28N2O2/c1-13(2)11-19-17(20)8-9-18-12-15-6-5-7-16(10-15)21-14(3)4/h5-7,10,13-14,18H,8-9,11-12H2,1-4H3,(H,19,20). The van der Waals surface area contributed by atoms with E-state index in [-0.39, 0.29) is 12.0 Å². The van der Waals surface area contributed by atoms with Crippen molar-refractivity contribution in [2.24, 2.45) is 5.92 Å². The molecule has 0 radical (unpaired) electrons. The summed E-state index contributed by atoms with van der Waals surface area (Å²) in [4.78, 5) is 11.6. The largest absolute Gasteiger partial charge is 0.491 e. The van der Waals surface area contributed by atoms with Crippen molar-refractivity contribution in [3.8, 4) is 5.75 Å². The van der Waals surface area contributed by atoms with Gasteiger partial charge in [0.2, 0.25) is 5.91 Å². The van der Waals surface area contributed by atoms with Crippen molar-refractivity contribution in [2.45, 2.75) is 46.8 Å². The molecule has 118 valence electrons. The van der Waals surface area contributed by atoms with E-state index >= 15 is 0 Å². The van der Waals surface area contributed by atoms with Crippen LogP contribution in [0.15, 0.2) is 24.3 Å². The van der Waals surface area contributed by atoms with Gasteiger partial charge in [-0.25, -0.2) is 0 Å². The Morgan fingerprint density at radius 1 is 1.24 bits per heavy atom. The summed E-state index contributed by atoms with van der Waals surface area (Å²) in [6, 6.07) is 8.04. The average Bonchev–Trinajstić information content (AvgIpc) is 2.41. The van der Waals surface area contributed by atoms with Crippen molar-refractivity contribution < 1.29 is 9.53 Å². The maximum Gasteiger partial charge on any atom is 0.221 e. The number of amides is 1. The lowest BCUT2D eigenvalue weighted by Crippen LogP contribution is -2.30. The van der Waals surface area contributed by atoms with E-state index in [1.165, 1.54) is 0 Å². The van der Waals surface area contributed by atoms with Crippen molar-refractivity contribution in [3.63, 3.8) is 0 Å². The fourth-order valence-corrected chi connectivity index (χ4v) is 1.84. The highest BCUT2D eigenvalue weighted by molar-refractivity contribution is 5.76. The van der Waals surface area contributed by atoms with Gasteiger partial charge >= 0.3 is 0 Å². The molecule has 21 heavy (non-hydrogen) atoms. The Labute approximate surface area is 128 Å². The molecule has 0 atom stereocenters. The molecule has 0 unspecified atom stereocenters. The van der Waals surface area contributed by atoms with Gasteiger partial charge in [-0.15, -0.1) is 0 Å². The second-order valence-corrected chi connectivity index (χ2v) is 5.94.